The van der Waals surface area contributed by atoms with Crippen molar-refractivity contribution in [1.82, 2.24) is 4.57 Å². The second-order valence-electron chi connectivity index (χ2n) is 5.70. The van der Waals surface area contributed by atoms with Crippen LogP contribution in [-0.2, 0) is 13.5 Å². The van der Waals surface area contributed by atoms with Gasteiger partial charge in [-0.1, -0.05) is 45.4 Å². The fourth-order valence-electron chi connectivity index (χ4n) is 2.54. The lowest BCUT2D eigenvalue weighted by Gasteiger charge is -2.06. The molecule has 2 nitrogen and oxygen atoms in total. The Morgan fingerprint density at radius 1 is 1.06 bits per heavy atom. The summed E-state index contributed by atoms with van der Waals surface area (Å²) in [4.78, 5) is 0. The molecule has 0 amide bonds. The van der Waals surface area contributed by atoms with Crippen molar-refractivity contribution in [3.8, 4) is 0 Å². The van der Waals surface area contributed by atoms with Crippen LogP contribution in [-0.4, -0.2) is 4.57 Å². The van der Waals surface area contributed by atoms with Crippen molar-refractivity contribution >= 4 is 0 Å². The minimum atomic E-state index is 0.575. The summed E-state index contributed by atoms with van der Waals surface area (Å²) in [6.07, 6.45) is 15.3. The van der Waals surface area contributed by atoms with Gasteiger partial charge in [-0.25, -0.2) is 9.13 Å². The predicted molar refractivity (Wildman–Crippen MR) is 77.7 cm³/mol. The van der Waals surface area contributed by atoms with Crippen molar-refractivity contribution in [2.24, 2.45) is 7.05 Å². The van der Waals surface area contributed by atoms with E-state index >= 15 is 0 Å². The number of hydrogen-bond acceptors (Lipinski definition) is 0. The smallest absolute Gasteiger partial charge is 0.237 e. The first kappa shape index (κ1) is 15.3. The molecule has 2 heteroatoms. The highest BCUT2D eigenvalue weighted by Gasteiger charge is 2.15. The van der Waals surface area contributed by atoms with Crippen LogP contribution in [0.2, 0.25) is 0 Å². The third-order valence-electron chi connectivity index (χ3n) is 3.72. The average molecular weight is 251 g/mol. The number of imidazole rings is 1. The Kier molecular flexibility index (Phi) is 7.07. The Morgan fingerprint density at radius 2 is 1.67 bits per heavy atom. The van der Waals surface area contributed by atoms with E-state index in [2.05, 4.69) is 49.3 Å². The van der Waals surface area contributed by atoms with Gasteiger partial charge in [-0.15, -0.1) is 0 Å². The van der Waals surface area contributed by atoms with Crippen LogP contribution in [0, 0.1) is 0 Å². The summed E-state index contributed by atoms with van der Waals surface area (Å²) in [6, 6.07) is 0.575. The van der Waals surface area contributed by atoms with Crippen molar-refractivity contribution in [3.05, 3.63) is 18.2 Å². The van der Waals surface area contributed by atoms with E-state index in [-0.39, 0.29) is 0 Å². The highest BCUT2D eigenvalue weighted by Crippen LogP contribution is 2.12. The molecule has 0 saturated carbocycles. The van der Waals surface area contributed by atoms with Gasteiger partial charge in [0.1, 0.15) is 12.4 Å². The maximum absolute atomic E-state index is 2.40. The molecule has 0 aromatic carbocycles. The molecule has 0 aliphatic heterocycles. The van der Waals surface area contributed by atoms with Gasteiger partial charge in [-0.3, -0.25) is 0 Å². The molecule has 1 heterocycles. The lowest BCUT2D eigenvalue weighted by Crippen LogP contribution is -2.32. The first-order valence-corrected chi connectivity index (χ1v) is 7.72. The van der Waals surface area contributed by atoms with Crippen LogP contribution in [0.4, 0.5) is 0 Å². The topological polar surface area (TPSA) is 8.81 Å². The summed E-state index contributed by atoms with van der Waals surface area (Å²) < 4.78 is 4.67. The van der Waals surface area contributed by atoms with Gasteiger partial charge in [-0.2, -0.15) is 0 Å². The second kappa shape index (κ2) is 8.34. The molecule has 0 spiro atoms. The lowest BCUT2D eigenvalue weighted by molar-refractivity contribution is -0.679. The molecule has 0 fully saturated rings. The van der Waals surface area contributed by atoms with Gasteiger partial charge in [0.25, 0.3) is 5.82 Å². The van der Waals surface area contributed by atoms with Crippen molar-refractivity contribution < 1.29 is 4.57 Å². The van der Waals surface area contributed by atoms with Crippen molar-refractivity contribution in [1.29, 1.82) is 0 Å². The van der Waals surface area contributed by atoms with Crippen LogP contribution in [0.5, 0.6) is 0 Å². The molecule has 1 aromatic heterocycles. The van der Waals surface area contributed by atoms with Crippen molar-refractivity contribution in [3.63, 3.8) is 0 Å². The monoisotopic (exact) mass is 251 g/mol. The molecule has 0 aliphatic carbocycles. The Labute approximate surface area is 113 Å². The zero-order valence-electron chi connectivity index (χ0n) is 12.8. The van der Waals surface area contributed by atoms with E-state index in [1.54, 1.807) is 0 Å². The highest BCUT2D eigenvalue weighted by molar-refractivity contribution is 4.86. The molecular weight excluding hydrogens is 220 g/mol. The predicted octanol–water partition coefficient (Wildman–Crippen LogP) is 4.19. The van der Waals surface area contributed by atoms with Gasteiger partial charge in [-0.05, 0) is 20.3 Å². The van der Waals surface area contributed by atoms with Crippen LogP contribution >= 0.6 is 0 Å². The average Bonchev–Trinajstić information content (AvgIpc) is 2.70. The first-order chi connectivity index (χ1) is 8.66. The van der Waals surface area contributed by atoms with E-state index in [9.17, 15) is 0 Å². The Bertz CT molecular complexity index is 326. The van der Waals surface area contributed by atoms with Crippen LogP contribution in [0.25, 0.3) is 0 Å². The minimum Gasteiger partial charge on any atom is -0.237 e. The summed E-state index contributed by atoms with van der Waals surface area (Å²) in [7, 11) is 2.16. The van der Waals surface area contributed by atoms with Gasteiger partial charge >= 0.3 is 0 Å². The zero-order chi connectivity index (χ0) is 13.4. The first-order valence-electron chi connectivity index (χ1n) is 7.72. The lowest BCUT2D eigenvalue weighted by atomic mass is 10.1. The molecule has 0 unspecified atom stereocenters. The highest BCUT2D eigenvalue weighted by atomic mass is 15.1. The Balaban J connectivity index is 2.24. The maximum Gasteiger partial charge on any atom is 0.256 e. The normalized spacial score (nSPS) is 11.4. The number of hydrogen-bond donors (Lipinski definition) is 0. The molecule has 0 aliphatic rings. The van der Waals surface area contributed by atoms with E-state index in [0.29, 0.717) is 6.04 Å². The zero-order valence-corrected chi connectivity index (χ0v) is 12.8. The van der Waals surface area contributed by atoms with Crippen LogP contribution in [0.1, 0.15) is 77.6 Å². The summed E-state index contributed by atoms with van der Waals surface area (Å²) in [5.74, 6) is 1.47. The summed E-state index contributed by atoms with van der Waals surface area (Å²) in [5, 5.41) is 0. The molecule has 18 heavy (non-hydrogen) atoms. The quantitative estimate of drug-likeness (QED) is 0.460. The fourth-order valence-corrected chi connectivity index (χ4v) is 2.54. The number of nitrogens with zero attached hydrogens (tertiary/aromatic N) is 2. The molecule has 0 N–H and O–H groups in total. The minimum absolute atomic E-state index is 0.575. The maximum atomic E-state index is 2.40. The van der Waals surface area contributed by atoms with Crippen molar-refractivity contribution in [2.75, 3.05) is 0 Å². The van der Waals surface area contributed by atoms with E-state index in [0.717, 1.165) is 0 Å². The second-order valence-corrected chi connectivity index (χ2v) is 5.70. The van der Waals surface area contributed by atoms with E-state index < -0.39 is 0 Å². The van der Waals surface area contributed by atoms with E-state index in [1.165, 1.54) is 57.2 Å². The van der Waals surface area contributed by atoms with Crippen molar-refractivity contribution in [2.45, 2.75) is 78.2 Å². The number of unbranched alkanes of at least 4 members (excludes halogenated alkanes) is 6. The van der Waals surface area contributed by atoms with E-state index in [4.69, 9.17) is 0 Å². The number of rotatable bonds is 9. The molecule has 1 rings (SSSR count). The molecule has 104 valence electrons. The SMILES string of the molecule is CCCCCCCCCc1n(C(C)C)cc[n+]1C. The third-order valence-corrected chi connectivity index (χ3v) is 3.72. The van der Waals surface area contributed by atoms with Gasteiger partial charge in [0, 0.05) is 6.42 Å². The summed E-state index contributed by atoms with van der Waals surface area (Å²) in [6.45, 7) is 6.79. The van der Waals surface area contributed by atoms with Gasteiger partial charge < -0.3 is 0 Å². The third kappa shape index (κ3) is 4.83. The molecule has 0 atom stereocenters. The summed E-state index contributed by atoms with van der Waals surface area (Å²) in [5.41, 5.74) is 0. The summed E-state index contributed by atoms with van der Waals surface area (Å²) >= 11 is 0. The Morgan fingerprint density at radius 3 is 2.28 bits per heavy atom. The van der Waals surface area contributed by atoms with Gasteiger partial charge in [0.05, 0.1) is 13.1 Å². The van der Waals surface area contributed by atoms with Crippen LogP contribution < -0.4 is 4.57 Å². The fraction of sp³-hybridized carbons (Fsp3) is 0.812. The van der Waals surface area contributed by atoms with E-state index in [1.807, 2.05) is 0 Å². The van der Waals surface area contributed by atoms with Crippen LogP contribution in [0.3, 0.4) is 0 Å². The van der Waals surface area contributed by atoms with Gasteiger partial charge in [0.15, 0.2) is 0 Å². The standard InChI is InChI=1S/C16H31N2/c1-5-6-7-8-9-10-11-12-16-17(4)13-14-18(16)15(2)3/h13-15H,5-12H2,1-4H3/q+1. The molecule has 0 saturated heterocycles. The number of aromatic nitrogens is 2. The van der Waals surface area contributed by atoms with Crippen LogP contribution in [0.15, 0.2) is 12.4 Å². The molecule has 1 aromatic rings. The molecular formula is C16H31N2+. The molecule has 0 bridgehead atoms. The molecule has 0 radical (unpaired) electrons. The largest absolute Gasteiger partial charge is 0.256 e. The number of aryl methyl sites for hydroxylation is 1. The Hall–Kier alpha value is -0.790. The van der Waals surface area contributed by atoms with Gasteiger partial charge in [0.2, 0.25) is 0 Å².